The largest absolute Gasteiger partial charge is 0.440 e. The van der Waals surface area contributed by atoms with Crippen LogP contribution in [0.3, 0.4) is 0 Å². The first-order chi connectivity index (χ1) is 14.8. The summed E-state index contributed by atoms with van der Waals surface area (Å²) in [5, 5.41) is 13.0. The second-order valence-electron chi connectivity index (χ2n) is 6.44. The number of aryl methyl sites for hydroxylation is 1. The number of rotatable bonds is 6. The summed E-state index contributed by atoms with van der Waals surface area (Å²) in [5.74, 6) is -2.03. The number of hydrogen-bond donors (Lipinski definition) is 0. The molecule has 0 spiro atoms. The number of carbonyl (C=O) groups is 3. The lowest BCUT2D eigenvalue weighted by Gasteiger charge is -2.14. The molecule has 0 saturated carbocycles. The van der Waals surface area contributed by atoms with Crippen molar-refractivity contribution < 1.29 is 24.0 Å². The smallest absolute Gasteiger partial charge is 0.341 e. The summed E-state index contributed by atoms with van der Waals surface area (Å²) in [6.07, 6.45) is 0. The molecular formula is C20H13N3O6S2. The minimum Gasteiger partial charge on any atom is -0.440 e. The number of thiazole rings is 1. The van der Waals surface area contributed by atoms with Crippen molar-refractivity contribution in [3.63, 3.8) is 0 Å². The molecule has 0 bridgehead atoms. The van der Waals surface area contributed by atoms with Crippen molar-refractivity contribution in [1.82, 2.24) is 9.88 Å². The number of benzene rings is 2. The molecule has 0 radical (unpaired) electrons. The van der Waals surface area contributed by atoms with E-state index < -0.39 is 29.4 Å². The number of ether oxygens (including phenoxy) is 1. The first-order valence-electron chi connectivity index (χ1n) is 8.86. The second kappa shape index (κ2) is 8.28. The molecule has 2 aromatic carbocycles. The summed E-state index contributed by atoms with van der Waals surface area (Å²) in [6, 6.07) is 10.1. The summed E-state index contributed by atoms with van der Waals surface area (Å²) in [7, 11) is 0. The molecule has 0 atom stereocenters. The topological polar surface area (TPSA) is 120 Å². The molecule has 2 heterocycles. The Hall–Kier alpha value is -3.57. The maximum atomic E-state index is 12.8. The fourth-order valence-electron chi connectivity index (χ4n) is 2.91. The number of non-ortho nitro benzene ring substituents is 1. The third kappa shape index (κ3) is 4.05. The SMILES string of the molecule is Cc1csc(Sc2ccc([N+](=O)[O-])cc2C(=O)OCN2C(=O)c3ccccc3C2=O)n1. The summed E-state index contributed by atoms with van der Waals surface area (Å²) in [5.41, 5.74) is 0.934. The van der Waals surface area contributed by atoms with E-state index in [1.54, 1.807) is 12.1 Å². The van der Waals surface area contributed by atoms with Crippen molar-refractivity contribution in [2.24, 2.45) is 0 Å². The van der Waals surface area contributed by atoms with Crippen molar-refractivity contribution in [2.75, 3.05) is 6.73 Å². The summed E-state index contributed by atoms with van der Waals surface area (Å²) in [6.45, 7) is 1.22. The Labute approximate surface area is 183 Å². The molecule has 1 aliphatic rings. The van der Waals surface area contributed by atoms with Crippen LogP contribution in [-0.2, 0) is 4.74 Å². The summed E-state index contributed by atoms with van der Waals surface area (Å²) >= 11 is 2.54. The van der Waals surface area contributed by atoms with Crippen LogP contribution in [-0.4, -0.2) is 39.3 Å². The van der Waals surface area contributed by atoms with Gasteiger partial charge in [0.15, 0.2) is 11.1 Å². The Balaban J connectivity index is 1.56. The molecule has 11 heteroatoms. The highest BCUT2D eigenvalue weighted by molar-refractivity contribution is 8.01. The fraction of sp³-hybridized carbons (Fsp3) is 0.100. The Bertz CT molecular complexity index is 1200. The number of imide groups is 1. The molecule has 0 fully saturated rings. The molecule has 3 aromatic rings. The van der Waals surface area contributed by atoms with Crippen molar-refractivity contribution in [3.05, 3.63) is 80.3 Å². The Morgan fingerprint density at radius 2 is 1.87 bits per heavy atom. The average Bonchev–Trinajstić information content (AvgIpc) is 3.27. The van der Waals surface area contributed by atoms with Crippen LogP contribution in [0.25, 0.3) is 0 Å². The van der Waals surface area contributed by atoms with Gasteiger partial charge in [0.1, 0.15) is 0 Å². The van der Waals surface area contributed by atoms with Gasteiger partial charge in [-0.2, -0.15) is 0 Å². The monoisotopic (exact) mass is 455 g/mol. The van der Waals surface area contributed by atoms with Gasteiger partial charge >= 0.3 is 5.97 Å². The van der Waals surface area contributed by atoms with Gasteiger partial charge in [-0.25, -0.2) is 14.7 Å². The Morgan fingerprint density at radius 1 is 1.19 bits per heavy atom. The maximum absolute atomic E-state index is 12.8. The Morgan fingerprint density at radius 3 is 2.45 bits per heavy atom. The van der Waals surface area contributed by atoms with E-state index in [0.717, 1.165) is 16.7 Å². The van der Waals surface area contributed by atoms with Gasteiger partial charge in [0.2, 0.25) is 0 Å². The lowest BCUT2D eigenvalue weighted by Crippen LogP contribution is -2.33. The van der Waals surface area contributed by atoms with Gasteiger partial charge in [-0.15, -0.1) is 11.3 Å². The van der Waals surface area contributed by atoms with Gasteiger partial charge in [-0.1, -0.05) is 23.9 Å². The number of aromatic nitrogens is 1. The van der Waals surface area contributed by atoms with E-state index in [-0.39, 0.29) is 22.4 Å². The molecule has 4 rings (SSSR count). The number of amides is 2. The highest BCUT2D eigenvalue weighted by Gasteiger charge is 2.36. The second-order valence-corrected chi connectivity index (χ2v) is 8.59. The number of nitro benzene ring substituents is 1. The van der Waals surface area contributed by atoms with Crippen molar-refractivity contribution in [3.8, 4) is 0 Å². The zero-order valence-electron chi connectivity index (χ0n) is 15.9. The van der Waals surface area contributed by atoms with Crippen LogP contribution in [0.1, 0.15) is 36.8 Å². The zero-order chi connectivity index (χ0) is 22.1. The van der Waals surface area contributed by atoms with Crippen molar-refractivity contribution in [2.45, 2.75) is 16.2 Å². The number of fused-ring (bicyclic) bond motifs is 1. The van der Waals surface area contributed by atoms with Crippen LogP contribution in [0, 0.1) is 17.0 Å². The molecule has 1 aromatic heterocycles. The van der Waals surface area contributed by atoms with Gasteiger partial charge in [0.05, 0.1) is 21.6 Å². The van der Waals surface area contributed by atoms with E-state index in [4.69, 9.17) is 4.74 Å². The predicted molar refractivity (Wildman–Crippen MR) is 111 cm³/mol. The zero-order valence-corrected chi connectivity index (χ0v) is 17.6. The van der Waals surface area contributed by atoms with E-state index in [9.17, 15) is 24.5 Å². The van der Waals surface area contributed by atoms with Crippen LogP contribution >= 0.6 is 23.1 Å². The van der Waals surface area contributed by atoms with Crippen LogP contribution in [0.5, 0.6) is 0 Å². The van der Waals surface area contributed by atoms with Crippen LogP contribution in [0.15, 0.2) is 57.1 Å². The van der Waals surface area contributed by atoms with E-state index in [0.29, 0.717) is 9.24 Å². The van der Waals surface area contributed by atoms with Crippen LogP contribution in [0.4, 0.5) is 5.69 Å². The minimum absolute atomic E-state index is 0.0522. The number of nitro groups is 1. The average molecular weight is 455 g/mol. The van der Waals surface area contributed by atoms with Crippen LogP contribution in [0.2, 0.25) is 0 Å². The molecular weight excluding hydrogens is 442 g/mol. The van der Waals surface area contributed by atoms with Crippen molar-refractivity contribution >= 4 is 46.6 Å². The predicted octanol–water partition coefficient (Wildman–Crippen LogP) is 3.92. The van der Waals surface area contributed by atoms with E-state index in [2.05, 4.69) is 4.98 Å². The first kappa shape index (κ1) is 20.7. The summed E-state index contributed by atoms with van der Waals surface area (Å²) < 4.78 is 5.85. The quantitative estimate of drug-likeness (QED) is 0.237. The number of hydrogen-bond acceptors (Lipinski definition) is 9. The molecule has 31 heavy (non-hydrogen) atoms. The lowest BCUT2D eigenvalue weighted by atomic mass is 10.1. The molecule has 0 saturated heterocycles. The standard InChI is InChI=1S/C20H13N3O6S2/c1-11-9-30-20(21-11)31-16-7-6-12(23(27)28)8-15(16)19(26)29-10-22-17(24)13-4-2-3-5-14(13)18(22)25/h2-9H,10H2,1H3. The van der Waals surface area contributed by atoms with Gasteiger partial charge in [0.25, 0.3) is 17.5 Å². The number of esters is 1. The van der Waals surface area contributed by atoms with Gasteiger partial charge in [0, 0.05) is 28.1 Å². The third-order valence-corrected chi connectivity index (χ3v) is 6.52. The molecule has 9 nitrogen and oxygen atoms in total. The molecule has 0 N–H and O–H groups in total. The molecule has 156 valence electrons. The molecule has 0 aliphatic carbocycles. The normalized spacial score (nSPS) is 12.7. The van der Waals surface area contributed by atoms with Gasteiger partial charge < -0.3 is 4.74 Å². The molecule has 1 aliphatic heterocycles. The number of nitrogens with zero attached hydrogens (tertiary/aromatic N) is 3. The van der Waals surface area contributed by atoms with Crippen LogP contribution < -0.4 is 0 Å². The highest BCUT2D eigenvalue weighted by atomic mass is 32.2. The molecule has 0 unspecified atom stereocenters. The highest BCUT2D eigenvalue weighted by Crippen LogP contribution is 2.35. The fourth-order valence-corrected chi connectivity index (χ4v) is 4.80. The minimum atomic E-state index is -0.893. The lowest BCUT2D eigenvalue weighted by molar-refractivity contribution is -0.384. The third-order valence-electron chi connectivity index (χ3n) is 4.39. The van der Waals surface area contributed by atoms with Gasteiger partial charge in [-0.3, -0.25) is 19.7 Å². The van der Waals surface area contributed by atoms with E-state index >= 15 is 0 Å². The van der Waals surface area contributed by atoms with Gasteiger partial charge in [-0.05, 0) is 25.1 Å². The van der Waals surface area contributed by atoms with Crippen molar-refractivity contribution in [1.29, 1.82) is 0 Å². The summed E-state index contributed by atoms with van der Waals surface area (Å²) in [4.78, 5) is 53.7. The maximum Gasteiger partial charge on any atom is 0.341 e. The van der Waals surface area contributed by atoms with E-state index in [1.807, 2.05) is 12.3 Å². The first-order valence-corrected chi connectivity index (χ1v) is 10.6. The van der Waals surface area contributed by atoms with E-state index in [1.165, 1.54) is 47.4 Å². The number of carbonyl (C=O) groups excluding carboxylic acids is 3. The molecule has 2 amide bonds. The Kier molecular flexibility index (Phi) is 5.53.